The Hall–Kier alpha value is -1.31. The fourth-order valence-electron chi connectivity index (χ4n) is 1.26. The molecule has 0 aliphatic rings. The number of nitrogens with zero attached hydrogens (tertiary/aromatic N) is 2. The molecule has 0 amide bonds. The summed E-state index contributed by atoms with van der Waals surface area (Å²) in [5.74, 6) is 6.94. The Morgan fingerprint density at radius 3 is 3.18 bits per heavy atom. The summed E-state index contributed by atoms with van der Waals surface area (Å²) >= 11 is 2.92. The molecule has 0 saturated heterocycles. The SMILES string of the molecule is COc1cccc(SCc2nnsc2NN)c1. The molecule has 0 unspecified atom stereocenters. The van der Waals surface area contributed by atoms with Crippen LogP contribution in [0.3, 0.4) is 0 Å². The van der Waals surface area contributed by atoms with Gasteiger partial charge in [-0.2, -0.15) is 0 Å². The Bertz CT molecular complexity index is 489. The quantitative estimate of drug-likeness (QED) is 0.491. The third-order valence-corrected chi connectivity index (χ3v) is 3.81. The van der Waals surface area contributed by atoms with E-state index in [0.717, 1.165) is 27.1 Å². The topological polar surface area (TPSA) is 73.1 Å². The van der Waals surface area contributed by atoms with Crippen molar-refractivity contribution < 1.29 is 4.74 Å². The lowest BCUT2D eigenvalue weighted by Gasteiger charge is -2.03. The van der Waals surface area contributed by atoms with E-state index in [0.29, 0.717) is 0 Å². The average molecular weight is 268 g/mol. The van der Waals surface area contributed by atoms with E-state index >= 15 is 0 Å². The molecule has 0 aliphatic carbocycles. The van der Waals surface area contributed by atoms with Gasteiger partial charge in [0.2, 0.25) is 0 Å². The predicted molar refractivity (Wildman–Crippen MR) is 70.3 cm³/mol. The lowest BCUT2D eigenvalue weighted by atomic mass is 10.3. The first-order valence-electron chi connectivity index (χ1n) is 4.88. The van der Waals surface area contributed by atoms with Crippen LogP contribution in [0.5, 0.6) is 5.75 Å². The molecule has 0 saturated carbocycles. The molecule has 0 bridgehead atoms. The zero-order valence-corrected chi connectivity index (χ0v) is 10.8. The number of nitrogen functional groups attached to an aromatic ring is 1. The molecule has 1 aromatic carbocycles. The van der Waals surface area contributed by atoms with E-state index in [1.165, 1.54) is 11.5 Å². The van der Waals surface area contributed by atoms with Crippen molar-refractivity contribution in [3.63, 3.8) is 0 Å². The van der Waals surface area contributed by atoms with E-state index in [1.54, 1.807) is 18.9 Å². The number of ether oxygens (including phenoxy) is 1. The van der Waals surface area contributed by atoms with Crippen LogP contribution in [-0.2, 0) is 5.75 Å². The highest BCUT2D eigenvalue weighted by Crippen LogP contribution is 2.28. The highest BCUT2D eigenvalue weighted by molar-refractivity contribution is 7.98. The third kappa shape index (κ3) is 3.09. The number of benzene rings is 1. The maximum atomic E-state index is 5.36. The zero-order valence-electron chi connectivity index (χ0n) is 9.21. The molecule has 3 N–H and O–H groups in total. The number of nitrogens with two attached hydrogens (primary N) is 1. The monoisotopic (exact) mass is 268 g/mol. The maximum absolute atomic E-state index is 5.36. The summed E-state index contributed by atoms with van der Waals surface area (Å²) in [6, 6.07) is 7.90. The summed E-state index contributed by atoms with van der Waals surface area (Å²) in [5.41, 5.74) is 3.46. The van der Waals surface area contributed by atoms with Gasteiger partial charge in [-0.3, -0.25) is 0 Å². The van der Waals surface area contributed by atoms with Gasteiger partial charge in [0, 0.05) is 22.2 Å². The number of aromatic nitrogens is 2. The van der Waals surface area contributed by atoms with E-state index in [2.05, 4.69) is 15.0 Å². The van der Waals surface area contributed by atoms with Crippen molar-refractivity contribution >= 4 is 28.3 Å². The molecule has 0 spiro atoms. The number of hydrazine groups is 1. The fraction of sp³-hybridized carbons (Fsp3) is 0.200. The fourth-order valence-corrected chi connectivity index (χ4v) is 2.72. The van der Waals surface area contributed by atoms with Crippen molar-refractivity contribution in [1.82, 2.24) is 9.59 Å². The Morgan fingerprint density at radius 1 is 1.53 bits per heavy atom. The first-order valence-corrected chi connectivity index (χ1v) is 6.64. The minimum Gasteiger partial charge on any atom is -0.497 e. The summed E-state index contributed by atoms with van der Waals surface area (Å²) in [6.07, 6.45) is 0. The van der Waals surface area contributed by atoms with Crippen LogP contribution in [0.1, 0.15) is 5.69 Å². The largest absolute Gasteiger partial charge is 0.497 e. The summed E-state index contributed by atoms with van der Waals surface area (Å²) < 4.78 is 9.02. The Labute approximate surface area is 108 Å². The normalized spacial score (nSPS) is 10.2. The lowest BCUT2D eigenvalue weighted by molar-refractivity contribution is 0.413. The van der Waals surface area contributed by atoms with Crippen LogP contribution in [0.25, 0.3) is 0 Å². The van der Waals surface area contributed by atoms with Gasteiger partial charge in [-0.25, -0.2) is 5.84 Å². The van der Waals surface area contributed by atoms with Crippen molar-refractivity contribution in [2.75, 3.05) is 12.5 Å². The van der Waals surface area contributed by atoms with Crippen LogP contribution in [0.4, 0.5) is 5.00 Å². The van der Waals surface area contributed by atoms with Crippen LogP contribution < -0.4 is 16.0 Å². The van der Waals surface area contributed by atoms with Gasteiger partial charge in [0.1, 0.15) is 16.4 Å². The molecule has 5 nitrogen and oxygen atoms in total. The van der Waals surface area contributed by atoms with E-state index in [-0.39, 0.29) is 0 Å². The Balaban J connectivity index is 2.02. The molecule has 0 fully saturated rings. The number of methoxy groups -OCH3 is 1. The van der Waals surface area contributed by atoms with E-state index in [9.17, 15) is 0 Å². The third-order valence-electron chi connectivity index (χ3n) is 2.10. The first kappa shape index (κ1) is 12.2. The highest BCUT2D eigenvalue weighted by Gasteiger charge is 2.07. The molecular formula is C10H12N4OS2. The van der Waals surface area contributed by atoms with Crippen molar-refractivity contribution in [2.24, 2.45) is 5.84 Å². The standard InChI is InChI=1S/C10H12N4OS2/c1-15-7-3-2-4-8(5-7)16-6-9-10(12-11)17-14-13-9/h2-5,12H,6,11H2,1H3. The molecule has 0 radical (unpaired) electrons. The second kappa shape index (κ2) is 5.85. The van der Waals surface area contributed by atoms with Crippen LogP contribution in [0.2, 0.25) is 0 Å². The second-order valence-electron chi connectivity index (χ2n) is 3.16. The molecule has 7 heteroatoms. The van der Waals surface area contributed by atoms with Gasteiger partial charge in [0.15, 0.2) is 0 Å². The number of hydrogen-bond acceptors (Lipinski definition) is 7. The molecule has 1 aromatic heterocycles. The van der Waals surface area contributed by atoms with E-state index in [4.69, 9.17) is 10.6 Å². The summed E-state index contributed by atoms with van der Waals surface area (Å²) in [4.78, 5) is 1.13. The predicted octanol–water partition coefficient (Wildman–Crippen LogP) is 2.12. The minimum absolute atomic E-state index is 0.725. The van der Waals surface area contributed by atoms with Crippen LogP contribution in [0.15, 0.2) is 29.2 Å². The van der Waals surface area contributed by atoms with Gasteiger partial charge in [-0.15, -0.1) is 16.9 Å². The van der Waals surface area contributed by atoms with Gasteiger partial charge < -0.3 is 10.2 Å². The molecular weight excluding hydrogens is 256 g/mol. The minimum atomic E-state index is 0.725. The van der Waals surface area contributed by atoms with Gasteiger partial charge >= 0.3 is 0 Å². The number of rotatable bonds is 5. The number of anilines is 1. The van der Waals surface area contributed by atoms with Gasteiger partial charge in [-0.1, -0.05) is 10.6 Å². The van der Waals surface area contributed by atoms with Crippen molar-refractivity contribution in [2.45, 2.75) is 10.6 Å². The van der Waals surface area contributed by atoms with Crippen molar-refractivity contribution in [3.8, 4) is 5.75 Å². The lowest BCUT2D eigenvalue weighted by Crippen LogP contribution is -2.06. The van der Waals surface area contributed by atoms with Crippen molar-refractivity contribution in [1.29, 1.82) is 0 Å². The maximum Gasteiger partial charge on any atom is 0.148 e. The van der Waals surface area contributed by atoms with E-state index in [1.807, 2.05) is 24.3 Å². The highest BCUT2D eigenvalue weighted by atomic mass is 32.2. The van der Waals surface area contributed by atoms with Crippen LogP contribution >= 0.6 is 23.3 Å². The summed E-state index contributed by atoms with van der Waals surface area (Å²) in [5, 5.41) is 4.82. The zero-order chi connectivity index (χ0) is 12.1. The summed E-state index contributed by atoms with van der Waals surface area (Å²) in [6.45, 7) is 0. The smallest absolute Gasteiger partial charge is 0.148 e. The van der Waals surface area contributed by atoms with Gasteiger partial charge in [-0.05, 0) is 18.2 Å². The Kier molecular flexibility index (Phi) is 4.18. The Morgan fingerprint density at radius 2 is 2.41 bits per heavy atom. The molecule has 90 valence electrons. The molecule has 17 heavy (non-hydrogen) atoms. The number of nitrogens with one attached hydrogen (secondary N) is 1. The van der Waals surface area contributed by atoms with Crippen molar-refractivity contribution in [3.05, 3.63) is 30.0 Å². The number of thioether (sulfide) groups is 1. The molecule has 1 heterocycles. The first-order chi connectivity index (χ1) is 8.33. The summed E-state index contributed by atoms with van der Waals surface area (Å²) in [7, 11) is 1.66. The molecule has 2 rings (SSSR count). The van der Waals surface area contributed by atoms with Crippen LogP contribution in [0, 0.1) is 0 Å². The number of hydrogen-bond donors (Lipinski definition) is 2. The van der Waals surface area contributed by atoms with Gasteiger partial charge in [0.05, 0.1) is 7.11 Å². The molecule has 0 aliphatic heterocycles. The van der Waals surface area contributed by atoms with E-state index < -0.39 is 0 Å². The van der Waals surface area contributed by atoms with Crippen LogP contribution in [-0.4, -0.2) is 16.7 Å². The molecule has 0 atom stereocenters. The molecule has 2 aromatic rings. The second-order valence-corrected chi connectivity index (χ2v) is 4.96. The van der Waals surface area contributed by atoms with Gasteiger partial charge in [0.25, 0.3) is 0 Å². The average Bonchev–Trinajstić information content (AvgIpc) is 2.84.